The van der Waals surface area contributed by atoms with Gasteiger partial charge in [-0.1, -0.05) is 29.8 Å². The number of piperazine rings is 1. The average Bonchev–Trinajstić information content (AvgIpc) is 3.54. The lowest BCUT2D eigenvalue weighted by Gasteiger charge is -2.36. The number of anilines is 1. The zero-order valence-electron chi connectivity index (χ0n) is 16.6. The van der Waals surface area contributed by atoms with Gasteiger partial charge in [-0.15, -0.1) is 0 Å². The van der Waals surface area contributed by atoms with E-state index in [-0.39, 0.29) is 29.5 Å². The van der Waals surface area contributed by atoms with Crippen molar-refractivity contribution in [2.75, 3.05) is 31.1 Å². The molecule has 0 aromatic heterocycles. The van der Waals surface area contributed by atoms with Gasteiger partial charge >= 0.3 is 0 Å². The van der Waals surface area contributed by atoms with Crippen LogP contribution in [0.15, 0.2) is 48.5 Å². The molecule has 1 heterocycles. The van der Waals surface area contributed by atoms with E-state index >= 15 is 0 Å². The standard InChI is InChI=1S/C23H26FN3O2/c1-16-2-4-17(5-3-16)15-25-22(28)20-14-21(20)23(29)27-12-10-26(11-13-27)19-8-6-18(24)7-9-19/h2-9,20-21H,10-15H2,1H3,(H,25,28). The van der Waals surface area contributed by atoms with Crippen LogP contribution in [0.3, 0.4) is 0 Å². The summed E-state index contributed by atoms with van der Waals surface area (Å²) in [5, 5.41) is 2.95. The molecule has 29 heavy (non-hydrogen) atoms. The van der Waals surface area contributed by atoms with Gasteiger partial charge in [0.05, 0.1) is 11.8 Å². The topological polar surface area (TPSA) is 52.7 Å². The molecule has 2 aliphatic rings. The first-order chi connectivity index (χ1) is 14.0. The molecule has 1 N–H and O–H groups in total. The number of carbonyl (C=O) groups excluding carboxylic acids is 2. The van der Waals surface area contributed by atoms with Crippen molar-refractivity contribution in [1.29, 1.82) is 0 Å². The molecule has 2 atom stereocenters. The van der Waals surface area contributed by atoms with Gasteiger partial charge in [0.1, 0.15) is 5.82 Å². The van der Waals surface area contributed by atoms with Crippen LogP contribution in [-0.2, 0) is 16.1 Å². The molecule has 1 aliphatic heterocycles. The van der Waals surface area contributed by atoms with Gasteiger partial charge in [-0.2, -0.15) is 0 Å². The molecular weight excluding hydrogens is 369 g/mol. The fourth-order valence-electron chi connectivity index (χ4n) is 3.86. The maximum Gasteiger partial charge on any atom is 0.226 e. The Morgan fingerprint density at radius 1 is 0.966 bits per heavy atom. The summed E-state index contributed by atoms with van der Waals surface area (Å²) in [5.41, 5.74) is 3.22. The van der Waals surface area contributed by atoms with Crippen LogP contribution in [0.4, 0.5) is 10.1 Å². The Labute approximate surface area is 170 Å². The van der Waals surface area contributed by atoms with E-state index < -0.39 is 0 Å². The van der Waals surface area contributed by atoms with E-state index in [1.54, 1.807) is 12.1 Å². The second-order valence-corrected chi connectivity index (χ2v) is 7.94. The van der Waals surface area contributed by atoms with Gasteiger partial charge in [-0.25, -0.2) is 4.39 Å². The molecule has 2 aromatic carbocycles. The minimum atomic E-state index is -0.247. The summed E-state index contributed by atoms with van der Waals surface area (Å²) in [6.45, 7) is 5.21. The minimum Gasteiger partial charge on any atom is -0.368 e. The molecule has 0 bridgehead atoms. The van der Waals surface area contributed by atoms with Gasteiger partial charge in [0, 0.05) is 38.4 Å². The van der Waals surface area contributed by atoms with E-state index in [2.05, 4.69) is 10.2 Å². The van der Waals surface area contributed by atoms with Crippen molar-refractivity contribution in [3.8, 4) is 0 Å². The number of amides is 2. The van der Waals surface area contributed by atoms with Crippen LogP contribution < -0.4 is 10.2 Å². The molecule has 2 amide bonds. The Kier molecular flexibility index (Phi) is 5.51. The number of hydrogen-bond donors (Lipinski definition) is 1. The lowest BCUT2D eigenvalue weighted by Crippen LogP contribution is -2.49. The summed E-state index contributed by atoms with van der Waals surface area (Å²) >= 11 is 0. The molecule has 1 saturated heterocycles. The molecule has 152 valence electrons. The van der Waals surface area contributed by atoms with E-state index in [4.69, 9.17) is 0 Å². The fourth-order valence-corrected chi connectivity index (χ4v) is 3.86. The molecule has 1 saturated carbocycles. The molecule has 5 nitrogen and oxygen atoms in total. The molecule has 0 radical (unpaired) electrons. The molecule has 2 unspecified atom stereocenters. The van der Waals surface area contributed by atoms with Crippen molar-refractivity contribution in [2.24, 2.45) is 11.8 Å². The van der Waals surface area contributed by atoms with Crippen molar-refractivity contribution < 1.29 is 14.0 Å². The molecular formula is C23H26FN3O2. The predicted octanol–water partition coefficient (Wildman–Crippen LogP) is 2.74. The van der Waals surface area contributed by atoms with Crippen molar-refractivity contribution in [1.82, 2.24) is 10.2 Å². The number of rotatable bonds is 5. The van der Waals surface area contributed by atoms with E-state index in [0.29, 0.717) is 39.1 Å². The second-order valence-electron chi connectivity index (χ2n) is 7.94. The first kappa shape index (κ1) is 19.4. The average molecular weight is 395 g/mol. The Balaban J connectivity index is 1.23. The maximum atomic E-state index is 13.1. The summed E-state index contributed by atoms with van der Waals surface area (Å²) < 4.78 is 13.1. The summed E-state index contributed by atoms with van der Waals surface area (Å²) in [6.07, 6.45) is 0.636. The highest BCUT2D eigenvalue weighted by molar-refractivity contribution is 5.92. The number of nitrogens with one attached hydrogen (secondary N) is 1. The highest BCUT2D eigenvalue weighted by atomic mass is 19.1. The number of halogens is 1. The Bertz CT molecular complexity index is 874. The molecule has 2 fully saturated rings. The van der Waals surface area contributed by atoms with Gasteiger partial charge in [0.15, 0.2) is 0 Å². The Hall–Kier alpha value is -2.89. The number of carbonyl (C=O) groups is 2. The van der Waals surface area contributed by atoms with Crippen molar-refractivity contribution >= 4 is 17.5 Å². The highest BCUT2D eigenvalue weighted by Crippen LogP contribution is 2.40. The minimum absolute atomic E-state index is 0.0335. The van der Waals surface area contributed by atoms with E-state index in [1.165, 1.54) is 17.7 Å². The number of aryl methyl sites for hydroxylation is 1. The first-order valence-electron chi connectivity index (χ1n) is 10.1. The summed E-state index contributed by atoms with van der Waals surface area (Å²) in [4.78, 5) is 29.2. The molecule has 6 heteroatoms. The third-order valence-electron chi connectivity index (χ3n) is 5.81. The number of benzene rings is 2. The highest BCUT2D eigenvalue weighted by Gasteiger charge is 2.49. The maximum absolute atomic E-state index is 13.1. The second kappa shape index (κ2) is 8.23. The van der Waals surface area contributed by atoms with Crippen molar-refractivity contribution in [2.45, 2.75) is 19.9 Å². The summed E-state index contributed by atoms with van der Waals surface area (Å²) in [7, 11) is 0. The van der Waals surface area contributed by atoms with E-state index in [1.807, 2.05) is 36.1 Å². The molecule has 0 spiro atoms. The van der Waals surface area contributed by atoms with E-state index in [9.17, 15) is 14.0 Å². The lowest BCUT2D eigenvalue weighted by atomic mass is 10.1. The van der Waals surface area contributed by atoms with Gasteiger partial charge in [-0.05, 0) is 43.2 Å². The summed E-state index contributed by atoms with van der Waals surface area (Å²) in [5.74, 6) is -0.593. The van der Waals surface area contributed by atoms with Crippen LogP contribution in [0.1, 0.15) is 17.5 Å². The normalized spacial score (nSPS) is 21.0. The van der Waals surface area contributed by atoms with Gasteiger partial charge in [0.25, 0.3) is 0 Å². The van der Waals surface area contributed by atoms with Crippen molar-refractivity contribution in [3.63, 3.8) is 0 Å². The number of hydrogen-bond acceptors (Lipinski definition) is 3. The number of nitrogens with zero attached hydrogens (tertiary/aromatic N) is 2. The first-order valence-corrected chi connectivity index (χ1v) is 10.1. The monoisotopic (exact) mass is 395 g/mol. The van der Waals surface area contributed by atoms with Crippen molar-refractivity contribution in [3.05, 3.63) is 65.5 Å². The predicted molar refractivity (Wildman–Crippen MR) is 110 cm³/mol. The largest absolute Gasteiger partial charge is 0.368 e. The van der Waals surface area contributed by atoms with Crippen LogP contribution in [0.25, 0.3) is 0 Å². The summed E-state index contributed by atoms with van der Waals surface area (Å²) in [6, 6.07) is 14.5. The third kappa shape index (κ3) is 4.58. The van der Waals surface area contributed by atoms with Crippen LogP contribution in [0, 0.1) is 24.6 Å². The van der Waals surface area contributed by atoms with Crippen LogP contribution >= 0.6 is 0 Å². The van der Waals surface area contributed by atoms with Gasteiger partial charge in [-0.3, -0.25) is 9.59 Å². The van der Waals surface area contributed by atoms with Gasteiger partial charge < -0.3 is 15.1 Å². The SMILES string of the molecule is Cc1ccc(CNC(=O)C2CC2C(=O)N2CCN(c3ccc(F)cc3)CC2)cc1. The van der Waals surface area contributed by atoms with Crippen LogP contribution in [-0.4, -0.2) is 42.9 Å². The Morgan fingerprint density at radius 2 is 1.62 bits per heavy atom. The molecule has 2 aromatic rings. The lowest BCUT2D eigenvalue weighted by molar-refractivity contribution is -0.135. The fraction of sp³-hybridized carbons (Fsp3) is 0.391. The van der Waals surface area contributed by atoms with E-state index in [0.717, 1.165) is 11.3 Å². The van der Waals surface area contributed by atoms with Gasteiger partial charge in [0.2, 0.25) is 11.8 Å². The van der Waals surface area contributed by atoms with Crippen LogP contribution in [0.2, 0.25) is 0 Å². The Morgan fingerprint density at radius 3 is 2.28 bits per heavy atom. The zero-order valence-corrected chi connectivity index (χ0v) is 16.6. The quantitative estimate of drug-likeness (QED) is 0.847. The molecule has 4 rings (SSSR count). The van der Waals surface area contributed by atoms with Crippen LogP contribution in [0.5, 0.6) is 0 Å². The zero-order chi connectivity index (χ0) is 20.4. The molecule has 1 aliphatic carbocycles. The third-order valence-corrected chi connectivity index (χ3v) is 5.81. The smallest absolute Gasteiger partial charge is 0.226 e.